The van der Waals surface area contributed by atoms with E-state index in [0.29, 0.717) is 32.3 Å². The first-order valence-electron chi connectivity index (χ1n) is 22.2. The molecule has 6 heteroatoms. The van der Waals surface area contributed by atoms with E-state index in [-0.39, 0.29) is 18.5 Å². The number of hydrogen-bond acceptors (Lipinski definition) is 5. The summed E-state index contributed by atoms with van der Waals surface area (Å²) in [6.45, 7) is 4.82. The van der Waals surface area contributed by atoms with Crippen molar-refractivity contribution in [3.8, 4) is 0 Å². The number of allylic oxidation sites excluding steroid dienone is 6. The van der Waals surface area contributed by atoms with Crippen LogP contribution in [0.25, 0.3) is 0 Å². The van der Waals surface area contributed by atoms with E-state index < -0.39 is 12.1 Å². The van der Waals surface area contributed by atoms with Crippen LogP contribution in [0.4, 0.5) is 0 Å². The van der Waals surface area contributed by atoms with Crippen LogP contribution in [0.1, 0.15) is 219 Å². The van der Waals surface area contributed by atoms with Gasteiger partial charge in [-0.3, -0.25) is 9.59 Å². The molecule has 2 atom stereocenters. The van der Waals surface area contributed by atoms with Crippen molar-refractivity contribution in [3.63, 3.8) is 0 Å². The van der Waals surface area contributed by atoms with E-state index in [2.05, 4.69) is 49.5 Å². The number of rotatable bonds is 40. The first-order valence-corrected chi connectivity index (χ1v) is 22.2. The molecule has 0 aliphatic heterocycles. The van der Waals surface area contributed by atoms with Gasteiger partial charge in [0, 0.05) is 12.8 Å². The summed E-state index contributed by atoms with van der Waals surface area (Å²) in [6, 6.07) is -0.583. The first kappa shape index (κ1) is 50.1. The molecule has 0 aromatic heterocycles. The van der Waals surface area contributed by atoms with E-state index in [1.54, 1.807) is 0 Å². The van der Waals surface area contributed by atoms with Gasteiger partial charge in [-0.15, -0.1) is 0 Å². The van der Waals surface area contributed by atoms with Crippen LogP contribution in [0.5, 0.6) is 0 Å². The maximum Gasteiger partial charge on any atom is 0.305 e. The third kappa shape index (κ3) is 37.8. The molecule has 0 aliphatic carbocycles. The highest BCUT2D eigenvalue weighted by Crippen LogP contribution is 2.14. The van der Waals surface area contributed by atoms with Crippen LogP contribution in [-0.4, -0.2) is 47.4 Å². The normalized spacial score (nSPS) is 13.1. The lowest BCUT2D eigenvalue weighted by Crippen LogP contribution is -2.45. The zero-order chi connectivity index (χ0) is 38.0. The molecule has 0 bridgehead atoms. The molecule has 6 nitrogen and oxygen atoms in total. The van der Waals surface area contributed by atoms with Crippen LogP contribution in [0.2, 0.25) is 0 Å². The number of ether oxygens (including phenoxy) is 1. The molecule has 304 valence electrons. The summed E-state index contributed by atoms with van der Waals surface area (Å²) in [5, 5.41) is 23.0. The maximum atomic E-state index is 12.3. The van der Waals surface area contributed by atoms with Gasteiger partial charge in [-0.1, -0.05) is 172 Å². The third-order valence-electron chi connectivity index (χ3n) is 9.93. The zero-order valence-electron chi connectivity index (χ0n) is 34.3. The van der Waals surface area contributed by atoms with Crippen molar-refractivity contribution in [3.05, 3.63) is 36.5 Å². The number of aliphatic hydroxyl groups is 2. The van der Waals surface area contributed by atoms with Crippen molar-refractivity contribution in [1.29, 1.82) is 0 Å². The largest absolute Gasteiger partial charge is 0.466 e. The first-order chi connectivity index (χ1) is 25.5. The Balaban J connectivity index is 3.57. The highest BCUT2D eigenvalue weighted by atomic mass is 16.5. The molecule has 0 aromatic rings. The molecule has 1 amide bonds. The van der Waals surface area contributed by atoms with Crippen molar-refractivity contribution in [2.24, 2.45) is 0 Å². The smallest absolute Gasteiger partial charge is 0.305 e. The van der Waals surface area contributed by atoms with E-state index in [9.17, 15) is 19.8 Å². The Labute approximate surface area is 322 Å². The number of aliphatic hydroxyl groups excluding tert-OH is 2. The SMILES string of the molecule is CCCCC/C=C\CCCCCCCC(=O)OCCCCCCCC/C=C\C/C=C\CCC(=O)NC(CO)C(O)CCCCCCCCCCCC. The van der Waals surface area contributed by atoms with Crippen LogP contribution in [0.3, 0.4) is 0 Å². The summed E-state index contributed by atoms with van der Waals surface area (Å²) < 4.78 is 5.42. The molecule has 0 aliphatic rings. The van der Waals surface area contributed by atoms with Gasteiger partial charge in [0.1, 0.15) is 0 Å². The number of hydrogen-bond donors (Lipinski definition) is 3. The quantitative estimate of drug-likeness (QED) is 0.0331. The van der Waals surface area contributed by atoms with Crippen molar-refractivity contribution < 1.29 is 24.5 Å². The lowest BCUT2D eigenvalue weighted by Gasteiger charge is -2.22. The predicted molar refractivity (Wildman–Crippen MR) is 222 cm³/mol. The van der Waals surface area contributed by atoms with E-state index in [4.69, 9.17) is 4.74 Å². The molecule has 2 unspecified atom stereocenters. The highest BCUT2D eigenvalue weighted by Gasteiger charge is 2.19. The maximum absolute atomic E-state index is 12.3. The minimum absolute atomic E-state index is 0.0284. The summed E-state index contributed by atoms with van der Waals surface area (Å²) >= 11 is 0. The molecule has 0 heterocycles. The van der Waals surface area contributed by atoms with Crippen molar-refractivity contribution in [1.82, 2.24) is 5.32 Å². The lowest BCUT2D eigenvalue weighted by atomic mass is 10.0. The topological polar surface area (TPSA) is 95.9 Å². The lowest BCUT2D eigenvalue weighted by molar-refractivity contribution is -0.143. The Morgan fingerprint density at radius 2 is 0.981 bits per heavy atom. The van der Waals surface area contributed by atoms with Gasteiger partial charge >= 0.3 is 5.97 Å². The molecule has 0 saturated carbocycles. The van der Waals surface area contributed by atoms with Gasteiger partial charge in [0.05, 0.1) is 25.4 Å². The predicted octanol–water partition coefficient (Wildman–Crippen LogP) is 12.6. The van der Waals surface area contributed by atoms with Crippen LogP contribution < -0.4 is 5.32 Å². The summed E-state index contributed by atoms with van der Waals surface area (Å²) in [6.07, 6.45) is 48.3. The fourth-order valence-corrected chi connectivity index (χ4v) is 6.44. The molecular formula is C46H85NO5. The summed E-state index contributed by atoms with van der Waals surface area (Å²) in [7, 11) is 0. The second-order valence-electron chi connectivity index (χ2n) is 15.0. The Kier molecular flexibility index (Phi) is 40.3. The van der Waals surface area contributed by atoms with Gasteiger partial charge in [-0.25, -0.2) is 0 Å². The van der Waals surface area contributed by atoms with E-state index in [1.165, 1.54) is 128 Å². The molecule has 0 rings (SSSR count). The second-order valence-corrected chi connectivity index (χ2v) is 15.0. The Bertz CT molecular complexity index is 854. The van der Waals surface area contributed by atoms with Crippen LogP contribution in [0, 0.1) is 0 Å². The van der Waals surface area contributed by atoms with Crippen molar-refractivity contribution in [2.75, 3.05) is 13.2 Å². The molecule has 0 aromatic carbocycles. The average Bonchev–Trinajstić information content (AvgIpc) is 3.14. The summed E-state index contributed by atoms with van der Waals surface area (Å²) in [5.41, 5.74) is 0. The van der Waals surface area contributed by atoms with Crippen molar-refractivity contribution >= 4 is 11.9 Å². The number of carbonyl (C=O) groups is 2. The molecule has 3 N–H and O–H groups in total. The van der Waals surface area contributed by atoms with E-state index in [0.717, 1.165) is 51.4 Å². The highest BCUT2D eigenvalue weighted by molar-refractivity contribution is 5.76. The van der Waals surface area contributed by atoms with Crippen LogP contribution >= 0.6 is 0 Å². The minimum atomic E-state index is -0.697. The number of esters is 1. The molecule has 52 heavy (non-hydrogen) atoms. The van der Waals surface area contributed by atoms with E-state index in [1.807, 2.05) is 6.08 Å². The molecule has 0 fully saturated rings. The monoisotopic (exact) mass is 732 g/mol. The van der Waals surface area contributed by atoms with Gasteiger partial charge < -0.3 is 20.3 Å². The summed E-state index contributed by atoms with van der Waals surface area (Å²) in [5.74, 6) is -0.148. The minimum Gasteiger partial charge on any atom is -0.466 e. The molecule has 0 saturated heterocycles. The zero-order valence-corrected chi connectivity index (χ0v) is 34.3. The fourth-order valence-electron chi connectivity index (χ4n) is 6.44. The number of nitrogens with one attached hydrogen (secondary N) is 1. The second kappa shape index (κ2) is 41.8. The summed E-state index contributed by atoms with van der Waals surface area (Å²) in [4.78, 5) is 24.3. The number of amides is 1. The Hall–Kier alpha value is -1.92. The standard InChI is InChI=1S/C46H85NO5/c1-3-5-7-9-11-13-15-20-24-28-32-36-40-46(51)52-41-37-33-29-25-21-18-16-17-19-23-27-31-35-39-45(50)47-43(42-48)44(49)38-34-30-26-22-14-12-10-8-6-4-2/h11,13,17,19,27,31,43-44,48-49H,3-10,12,14-16,18,20-26,28-30,32-42H2,1-2H3,(H,47,50)/b13-11-,19-17-,31-27-. The Morgan fingerprint density at radius 3 is 1.56 bits per heavy atom. The van der Waals surface area contributed by atoms with Gasteiger partial charge in [0.25, 0.3) is 0 Å². The van der Waals surface area contributed by atoms with Gasteiger partial charge in [-0.05, 0) is 70.6 Å². The van der Waals surface area contributed by atoms with Crippen LogP contribution in [-0.2, 0) is 14.3 Å². The fraction of sp³-hybridized carbons (Fsp3) is 0.826. The van der Waals surface area contributed by atoms with Gasteiger partial charge in [0.15, 0.2) is 0 Å². The van der Waals surface area contributed by atoms with Crippen molar-refractivity contribution in [2.45, 2.75) is 231 Å². The number of unbranched alkanes of at least 4 members (excludes halogenated alkanes) is 23. The third-order valence-corrected chi connectivity index (χ3v) is 9.93. The molecular weight excluding hydrogens is 647 g/mol. The average molecular weight is 732 g/mol. The van der Waals surface area contributed by atoms with E-state index >= 15 is 0 Å². The number of carbonyl (C=O) groups excluding carboxylic acids is 2. The Morgan fingerprint density at radius 1 is 0.538 bits per heavy atom. The van der Waals surface area contributed by atoms with Gasteiger partial charge in [0.2, 0.25) is 5.91 Å². The van der Waals surface area contributed by atoms with Gasteiger partial charge in [-0.2, -0.15) is 0 Å². The molecule has 0 spiro atoms. The van der Waals surface area contributed by atoms with Crippen LogP contribution in [0.15, 0.2) is 36.5 Å². The molecule has 0 radical (unpaired) electrons.